The van der Waals surface area contributed by atoms with Gasteiger partial charge in [0.1, 0.15) is 0 Å². The molecule has 0 N–H and O–H groups in total. The van der Waals surface area contributed by atoms with Gasteiger partial charge in [0.05, 0.1) is 30.0 Å². The molecule has 1 aromatic heterocycles. The number of thioether (sulfide) groups is 2. The molecule has 1 aromatic carbocycles. The van der Waals surface area contributed by atoms with Gasteiger partial charge in [0.15, 0.2) is 0 Å². The summed E-state index contributed by atoms with van der Waals surface area (Å²) in [4.78, 5) is 0. The Bertz CT molecular complexity index is 605. The molecule has 5 heteroatoms. The van der Waals surface area contributed by atoms with Crippen LogP contribution in [0.5, 0.6) is 0 Å². The number of benzene rings is 1. The maximum absolute atomic E-state index is 5.54. The molecule has 0 bridgehead atoms. The summed E-state index contributed by atoms with van der Waals surface area (Å²) < 4.78 is 8.17. The standard InChI is InChI=1S/C17H22N2OS2/c1-13-16(17-21-10-8-20-9-11-22-17)14(2)19(18-13)12-15-6-4-3-5-7-15/h3-7,17H,8-12H2,1-2H3. The Morgan fingerprint density at radius 2 is 1.82 bits per heavy atom. The number of hydrogen-bond acceptors (Lipinski definition) is 4. The Morgan fingerprint density at radius 3 is 2.50 bits per heavy atom. The van der Waals surface area contributed by atoms with Gasteiger partial charge in [0.2, 0.25) is 0 Å². The number of nitrogens with zero attached hydrogens (tertiary/aromatic N) is 2. The van der Waals surface area contributed by atoms with E-state index in [0.29, 0.717) is 4.58 Å². The summed E-state index contributed by atoms with van der Waals surface area (Å²) in [5.74, 6) is 2.11. The molecule has 1 aliphatic heterocycles. The Hall–Kier alpha value is -0.910. The molecule has 22 heavy (non-hydrogen) atoms. The average molecular weight is 335 g/mol. The van der Waals surface area contributed by atoms with Gasteiger partial charge < -0.3 is 4.74 Å². The van der Waals surface area contributed by atoms with Gasteiger partial charge in [-0.25, -0.2) is 0 Å². The highest BCUT2D eigenvalue weighted by molar-refractivity contribution is 8.16. The van der Waals surface area contributed by atoms with Crippen LogP contribution in [0, 0.1) is 13.8 Å². The molecule has 1 aliphatic rings. The Labute approximate surface area is 140 Å². The fraction of sp³-hybridized carbons (Fsp3) is 0.471. The lowest BCUT2D eigenvalue weighted by Gasteiger charge is -2.20. The van der Waals surface area contributed by atoms with Crippen LogP contribution < -0.4 is 0 Å². The van der Waals surface area contributed by atoms with Crippen molar-refractivity contribution in [3.8, 4) is 0 Å². The van der Waals surface area contributed by atoms with Gasteiger partial charge in [-0.2, -0.15) is 5.10 Å². The Balaban J connectivity index is 1.82. The van der Waals surface area contributed by atoms with Gasteiger partial charge in [-0.1, -0.05) is 30.3 Å². The second-order valence-corrected chi connectivity index (χ2v) is 8.14. The van der Waals surface area contributed by atoms with Crippen molar-refractivity contribution in [3.05, 3.63) is 52.8 Å². The quantitative estimate of drug-likeness (QED) is 0.846. The Kier molecular flexibility index (Phi) is 5.50. The van der Waals surface area contributed by atoms with Crippen molar-refractivity contribution in [1.82, 2.24) is 9.78 Å². The monoisotopic (exact) mass is 334 g/mol. The molecule has 0 amide bonds. The van der Waals surface area contributed by atoms with E-state index in [4.69, 9.17) is 9.84 Å². The molecular weight excluding hydrogens is 312 g/mol. The minimum Gasteiger partial charge on any atom is -0.380 e. The van der Waals surface area contributed by atoms with E-state index in [2.05, 4.69) is 48.9 Å². The zero-order chi connectivity index (χ0) is 15.4. The van der Waals surface area contributed by atoms with E-state index in [1.165, 1.54) is 22.5 Å². The summed E-state index contributed by atoms with van der Waals surface area (Å²) in [5.41, 5.74) is 5.17. The molecule has 118 valence electrons. The van der Waals surface area contributed by atoms with Gasteiger partial charge in [0, 0.05) is 22.8 Å². The molecule has 1 fully saturated rings. The number of aromatic nitrogens is 2. The highest BCUT2D eigenvalue weighted by atomic mass is 32.2. The van der Waals surface area contributed by atoms with E-state index in [9.17, 15) is 0 Å². The fourth-order valence-electron chi connectivity index (χ4n) is 2.71. The van der Waals surface area contributed by atoms with Gasteiger partial charge >= 0.3 is 0 Å². The lowest BCUT2D eigenvalue weighted by Crippen LogP contribution is -2.09. The molecule has 0 unspecified atom stereocenters. The SMILES string of the molecule is Cc1nn(Cc2ccccc2)c(C)c1C1SCCOCCS1. The molecule has 0 spiro atoms. The summed E-state index contributed by atoms with van der Waals surface area (Å²) in [6, 6.07) is 10.5. The molecule has 3 rings (SSSR count). The van der Waals surface area contributed by atoms with E-state index in [-0.39, 0.29) is 0 Å². The highest BCUT2D eigenvalue weighted by Crippen LogP contribution is 2.42. The third-order valence-electron chi connectivity index (χ3n) is 3.84. The molecule has 0 aliphatic carbocycles. The van der Waals surface area contributed by atoms with E-state index in [1.54, 1.807) is 0 Å². The number of ether oxygens (including phenoxy) is 1. The minimum absolute atomic E-state index is 0.480. The summed E-state index contributed by atoms with van der Waals surface area (Å²) >= 11 is 3.97. The zero-order valence-electron chi connectivity index (χ0n) is 13.1. The second-order valence-electron chi connectivity index (χ2n) is 5.41. The summed E-state index contributed by atoms with van der Waals surface area (Å²) in [6.45, 7) is 6.91. The van der Waals surface area contributed by atoms with E-state index < -0.39 is 0 Å². The van der Waals surface area contributed by atoms with Crippen molar-refractivity contribution in [2.45, 2.75) is 25.0 Å². The van der Waals surface area contributed by atoms with Crippen molar-refractivity contribution < 1.29 is 4.74 Å². The first-order valence-electron chi connectivity index (χ1n) is 7.64. The van der Waals surface area contributed by atoms with E-state index in [1.807, 2.05) is 23.5 Å². The van der Waals surface area contributed by atoms with Crippen molar-refractivity contribution in [2.24, 2.45) is 0 Å². The first-order valence-corrected chi connectivity index (χ1v) is 9.74. The topological polar surface area (TPSA) is 27.1 Å². The van der Waals surface area contributed by atoms with Crippen LogP contribution in [0.25, 0.3) is 0 Å². The molecule has 2 heterocycles. The van der Waals surface area contributed by atoms with Crippen LogP contribution in [0.4, 0.5) is 0 Å². The van der Waals surface area contributed by atoms with Crippen LogP contribution in [0.15, 0.2) is 30.3 Å². The van der Waals surface area contributed by atoms with Crippen molar-refractivity contribution in [2.75, 3.05) is 24.7 Å². The summed E-state index contributed by atoms with van der Waals surface area (Å²) in [5, 5.41) is 4.79. The normalized spacial score (nSPS) is 17.2. The average Bonchev–Trinajstić information content (AvgIpc) is 2.75. The molecule has 2 aromatic rings. The van der Waals surface area contributed by atoms with Crippen LogP contribution in [0.2, 0.25) is 0 Å². The maximum atomic E-state index is 5.54. The van der Waals surface area contributed by atoms with Crippen LogP contribution in [-0.4, -0.2) is 34.5 Å². The summed E-state index contributed by atoms with van der Waals surface area (Å²) in [7, 11) is 0. The third kappa shape index (κ3) is 3.70. The first kappa shape index (κ1) is 16.0. The van der Waals surface area contributed by atoms with Crippen molar-refractivity contribution >= 4 is 23.5 Å². The molecule has 1 saturated heterocycles. The van der Waals surface area contributed by atoms with Gasteiger partial charge in [-0.15, -0.1) is 23.5 Å². The molecular formula is C17H22N2OS2. The van der Waals surface area contributed by atoms with Gasteiger partial charge in [-0.05, 0) is 19.4 Å². The second kappa shape index (κ2) is 7.57. The molecule has 0 atom stereocenters. The zero-order valence-corrected chi connectivity index (χ0v) is 14.8. The van der Waals surface area contributed by atoms with Crippen molar-refractivity contribution in [3.63, 3.8) is 0 Å². The van der Waals surface area contributed by atoms with Crippen LogP contribution in [0.1, 0.15) is 27.1 Å². The smallest absolute Gasteiger partial charge is 0.0788 e. The number of aryl methyl sites for hydroxylation is 1. The summed E-state index contributed by atoms with van der Waals surface area (Å²) in [6.07, 6.45) is 0. The maximum Gasteiger partial charge on any atom is 0.0788 e. The van der Waals surface area contributed by atoms with Gasteiger partial charge in [-0.3, -0.25) is 4.68 Å². The fourth-order valence-corrected chi connectivity index (χ4v) is 5.54. The molecule has 0 saturated carbocycles. The lowest BCUT2D eigenvalue weighted by atomic mass is 10.2. The first-order chi connectivity index (χ1) is 10.8. The van der Waals surface area contributed by atoms with Crippen LogP contribution >= 0.6 is 23.5 Å². The predicted octanol–water partition coefficient (Wildman–Crippen LogP) is 4.04. The lowest BCUT2D eigenvalue weighted by molar-refractivity contribution is 0.166. The van der Waals surface area contributed by atoms with E-state index >= 15 is 0 Å². The largest absolute Gasteiger partial charge is 0.380 e. The third-order valence-corrected chi connectivity index (χ3v) is 6.54. The number of rotatable bonds is 3. The van der Waals surface area contributed by atoms with Gasteiger partial charge in [0.25, 0.3) is 0 Å². The Morgan fingerprint density at radius 1 is 1.14 bits per heavy atom. The number of hydrogen-bond donors (Lipinski definition) is 0. The predicted molar refractivity (Wildman–Crippen MR) is 95.7 cm³/mol. The van der Waals surface area contributed by atoms with Crippen LogP contribution in [0.3, 0.4) is 0 Å². The molecule has 0 radical (unpaired) electrons. The molecule has 3 nitrogen and oxygen atoms in total. The van der Waals surface area contributed by atoms with Crippen molar-refractivity contribution in [1.29, 1.82) is 0 Å². The highest BCUT2D eigenvalue weighted by Gasteiger charge is 2.22. The minimum atomic E-state index is 0.480. The van der Waals surface area contributed by atoms with Crippen LogP contribution in [-0.2, 0) is 11.3 Å². The van der Waals surface area contributed by atoms with E-state index in [0.717, 1.165) is 31.3 Å².